The molecule has 3 nitrogen and oxygen atoms in total. The molecule has 1 radical (unpaired) electrons. The summed E-state index contributed by atoms with van der Waals surface area (Å²) >= 11 is 0. The Morgan fingerprint density at radius 3 is 2.15 bits per heavy atom. The van der Waals surface area contributed by atoms with Gasteiger partial charge in [0.15, 0.2) is 0 Å². The highest BCUT2D eigenvalue weighted by molar-refractivity contribution is 7.53. The van der Waals surface area contributed by atoms with Gasteiger partial charge in [-0.3, -0.25) is 0 Å². The van der Waals surface area contributed by atoms with Crippen molar-refractivity contribution in [3.63, 3.8) is 0 Å². The van der Waals surface area contributed by atoms with Crippen molar-refractivity contribution >= 4 is 8.15 Å². The second-order valence-corrected chi connectivity index (χ2v) is 6.28. The molecule has 79 valence electrons. The molecule has 4 heteroatoms. The fourth-order valence-corrected chi connectivity index (χ4v) is 3.19. The molecule has 0 aromatic heterocycles. The van der Waals surface area contributed by atoms with Crippen molar-refractivity contribution in [2.45, 2.75) is 40.4 Å². The van der Waals surface area contributed by atoms with Gasteiger partial charge in [0.2, 0.25) is 0 Å². The zero-order chi connectivity index (χ0) is 10.5. The van der Waals surface area contributed by atoms with E-state index in [-0.39, 0.29) is 11.2 Å². The van der Waals surface area contributed by atoms with Crippen molar-refractivity contribution in [1.82, 2.24) is 5.48 Å². The van der Waals surface area contributed by atoms with Crippen LogP contribution in [0, 0.1) is 5.41 Å². The summed E-state index contributed by atoms with van der Waals surface area (Å²) < 4.78 is 5.57. The smallest absolute Gasteiger partial charge is 0.0842 e. The van der Waals surface area contributed by atoms with Crippen molar-refractivity contribution < 1.29 is 9.73 Å². The minimum Gasteiger partial charge on any atom is -0.358 e. The standard InChI is InChI=1S/C9H21NO2P/c1-6-12-13(7-2)8(10-11)9(3,4)5/h8,10H,6-7H2,1-5H3. The third-order valence-corrected chi connectivity index (χ3v) is 4.50. The summed E-state index contributed by atoms with van der Waals surface area (Å²) in [5.74, 6) is -0.0625. The molecule has 13 heavy (non-hydrogen) atoms. The predicted molar refractivity (Wildman–Crippen MR) is 56.2 cm³/mol. The van der Waals surface area contributed by atoms with Crippen LogP contribution in [0.25, 0.3) is 0 Å². The second kappa shape index (κ2) is 5.92. The van der Waals surface area contributed by atoms with Crippen LogP contribution in [-0.4, -0.2) is 18.6 Å². The Bertz CT molecular complexity index is 136. The van der Waals surface area contributed by atoms with Gasteiger partial charge >= 0.3 is 0 Å². The molecule has 0 aliphatic heterocycles. The molecule has 0 heterocycles. The van der Waals surface area contributed by atoms with Crippen LogP contribution in [0.3, 0.4) is 0 Å². The van der Waals surface area contributed by atoms with Gasteiger partial charge in [0.05, 0.1) is 5.78 Å². The summed E-state index contributed by atoms with van der Waals surface area (Å²) in [7, 11) is -0.634. The number of hydrogen-bond acceptors (Lipinski definition) is 2. The molecule has 0 spiro atoms. The summed E-state index contributed by atoms with van der Waals surface area (Å²) in [6, 6.07) is 0. The van der Waals surface area contributed by atoms with Crippen LogP contribution in [0.5, 0.6) is 0 Å². The van der Waals surface area contributed by atoms with Gasteiger partial charge in [0.25, 0.3) is 0 Å². The van der Waals surface area contributed by atoms with Gasteiger partial charge in [-0.15, -0.1) is 5.21 Å². The molecule has 0 aliphatic rings. The summed E-state index contributed by atoms with van der Waals surface area (Å²) in [5, 5.41) is 10.8. The van der Waals surface area contributed by atoms with E-state index >= 15 is 0 Å². The third-order valence-electron chi connectivity index (χ3n) is 1.83. The Hall–Kier alpha value is 0.310. The Morgan fingerprint density at radius 2 is 1.92 bits per heavy atom. The van der Waals surface area contributed by atoms with Gasteiger partial charge < -0.3 is 4.52 Å². The van der Waals surface area contributed by atoms with Crippen LogP contribution < -0.4 is 5.48 Å². The largest absolute Gasteiger partial charge is 0.358 e. The molecule has 0 rings (SSSR count). The first-order valence-corrected chi connectivity index (χ1v) is 6.26. The van der Waals surface area contributed by atoms with E-state index in [0.717, 1.165) is 6.16 Å². The van der Waals surface area contributed by atoms with Crippen molar-refractivity contribution in [2.24, 2.45) is 5.41 Å². The normalized spacial score (nSPS) is 17.1. The average Bonchev–Trinajstić information content (AvgIpc) is 2.01. The average molecular weight is 206 g/mol. The maximum absolute atomic E-state index is 10.8. The summed E-state index contributed by atoms with van der Waals surface area (Å²) in [6.45, 7) is 10.9. The van der Waals surface area contributed by atoms with Gasteiger partial charge in [-0.25, -0.2) is 0 Å². The van der Waals surface area contributed by atoms with Gasteiger partial charge in [-0.1, -0.05) is 27.7 Å². The Labute approximate surface area is 82.7 Å². The minimum absolute atomic E-state index is 0.0291. The van der Waals surface area contributed by atoms with Gasteiger partial charge in [-0.2, -0.15) is 5.48 Å². The molecule has 0 saturated heterocycles. The molecule has 2 unspecified atom stereocenters. The molecule has 0 aliphatic carbocycles. The van der Waals surface area contributed by atoms with Gasteiger partial charge in [-0.05, 0) is 18.5 Å². The van der Waals surface area contributed by atoms with Gasteiger partial charge in [0.1, 0.15) is 0 Å². The van der Waals surface area contributed by atoms with E-state index in [9.17, 15) is 5.21 Å². The summed E-state index contributed by atoms with van der Waals surface area (Å²) in [6.07, 6.45) is 0.931. The van der Waals surface area contributed by atoms with Crippen molar-refractivity contribution in [3.05, 3.63) is 0 Å². The topological polar surface area (TPSA) is 41.2 Å². The molecule has 0 aromatic rings. The Balaban J connectivity index is 4.34. The van der Waals surface area contributed by atoms with Crippen molar-refractivity contribution in [3.8, 4) is 0 Å². The SMILES string of the molecule is CCOP(CC)C(N[O])C(C)(C)C. The highest BCUT2D eigenvalue weighted by Crippen LogP contribution is 2.47. The fourth-order valence-electron chi connectivity index (χ4n) is 1.18. The molecule has 0 amide bonds. The number of nitrogens with one attached hydrogen (secondary N) is 1. The van der Waals surface area contributed by atoms with Crippen LogP contribution in [-0.2, 0) is 9.73 Å². The van der Waals surface area contributed by atoms with Crippen LogP contribution in [0.1, 0.15) is 34.6 Å². The molecular formula is C9H21NO2P. The molecule has 1 N–H and O–H groups in total. The Kier molecular flexibility index (Phi) is 6.06. The van der Waals surface area contributed by atoms with E-state index in [1.807, 2.05) is 6.92 Å². The molecule has 2 atom stereocenters. The van der Waals surface area contributed by atoms with E-state index in [1.54, 1.807) is 0 Å². The first-order valence-electron chi connectivity index (χ1n) is 4.74. The lowest BCUT2D eigenvalue weighted by Crippen LogP contribution is -2.36. The second-order valence-electron chi connectivity index (χ2n) is 4.04. The van der Waals surface area contributed by atoms with E-state index in [2.05, 4.69) is 33.2 Å². The molecular weight excluding hydrogens is 185 g/mol. The first-order chi connectivity index (χ1) is 5.97. The summed E-state index contributed by atoms with van der Waals surface area (Å²) in [4.78, 5) is 0. The minimum atomic E-state index is -0.634. The van der Waals surface area contributed by atoms with E-state index < -0.39 is 8.15 Å². The van der Waals surface area contributed by atoms with E-state index in [1.165, 1.54) is 0 Å². The van der Waals surface area contributed by atoms with Crippen LogP contribution >= 0.6 is 8.15 Å². The number of hydroxylamine groups is 1. The fraction of sp³-hybridized carbons (Fsp3) is 1.00. The van der Waals surface area contributed by atoms with Crippen LogP contribution in [0.4, 0.5) is 0 Å². The van der Waals surface area contributed by atoms with Gasteiger partial charge in [0, 0.05) is 14.8 Å². The lowest BCUT2D eigenvalue weighted by molar-refractivity contribution is 0.0345. The Morgan fingerprint density at radius 1 is 1.38 bits per heavy atom. The van der Waals surface area contributed by atoms with Crippen LogP contribution in [0.15, 0.2) is 0 Å². The zero-order valence-electron chi connectivity index (χ0n) is 9.26. The van der Waals surface area contributed by atoms with Crippen LogP contribution in [0.2, 0.25) is 0 Å². The molecule has 0 bridgehead atoms. The quantitative estimate of drug-likeness (QED) is 0.555. The first kappa shape index (κ1) is 13.3. The zero-order valence-corrected chi connectivity index (χ0v) is 10.1. The highest BCUT2D eigenvalue weighted by Gasteiger charge is 2.32. The summed E-state index contributed by atoms with van der Waals surface area (Å²) in [5.41, 5.74) is 2.10. The third kappa shape index (κ3) is 4.37. The number of rotatable bonds is 5. The van der Waals surface area contributed by atoms with Crippen molar-refractivity contribution in [2.75, 3.05) is 12.8 Å². The molecule has 0 aromatic carbocycles. The predicted octanol–water partition coefficient (Wildman–Crippen LogP) is 2.75. The van der Waals surface area contributed by atoms with E-state index in [0.29, 0.717) is 6.61 Å². The molecule has 0 saturated carbocycles. The maximum Gasteiger partial charge on any atom is 0.0842 e. The lowest BCUT2D eigenvalue weighted by atomic mass is 9.97. The molecule has 0 fully saturated rings. The highest BCUT2D eigenvalue weighted by atomic mass is 31.1. The van der Waals surface area contributed by atoms with E-state index in [4.69, 9.17) is 4.52 Å². The maximum atomic E-state index is 10.8. The monoisotopic (exact) mass is 206 g/mol. The van der Waals surface area contributed by atoms with Crippen molar-refractivity contribution in [1.29, 1.82) is 0 Å². The number of hydrogen-bond donors (Lipinski definition) is 1. The lowest BCUT2D eigenvalue weighted by Gasteiger charge is -2.34.